The minimum Gasteiger partial charge on any atom is -0.496 e. The van der Waals surface area contributed by atoms with Crippen LogP contribution in [0.2, 0.25) is 0 Å². The first kappa shape index (κ1) is 31.2. The Kier molecular flexibility index (Phi) is 8.32. The van der Waals surface area contributed by atoms with Gasteiger partial charge in [0.1, 0.15) is 11.9 Å². The van der Waals surface area contributed by atoms with E-state index in [4.69, 9.17) is 9.47 Å². The molecule has 6 nitrogen and oxygen atoms in total. The van der Waals surface area contributed by atoms with E-state index >= 15 is 0 Å². The van der Waals surface area contributed by atoms with Crippen LogP contribution in [-0.4, -0.2) is 41.8 Å². The maximum absolute atomic E-state index is 13.5. The average molecular weight is 600 g/mol. The molecule has 42 heavy (non-hydrogen) atoms. The second-order valence-electron chi connectivity index (χ2n) is 11.5. The molecule has 0 spiro atoms. The van der Waals surface area contributed by atoms with Crippen molar-refractivity contribution in [3.05, 3.63) is 69.8 Å². The number of nitrogens with zero attached hydrogens (tertiary/aromatic N) is 1. The average Bonchev–Trinajstić information content (AvgIpc) is 3.15. The lowest BCUT2D eigenvalue weighted by Gasteiger charge is -2.36. The molecule has 0 radical (unpaired) electrons. The number of benzene rings is 2. The van der Waals surface area contributed by atoms with Crippen molar-refractivity contribution in [2.75, 3.05) is 13.7 Å². The van der Waals surface area contributed by atoms with Gasteiger partial charge in [-0.15, -0.1) is 0 Å². The Morgan fingerprint density at radius 1 is 1.07 bits per heavy atom. The SMILES string of the molecule is COc1ccc(CC(=O)O)cc1C1=C(CN2C(=O)O[C@H](c3cc(C(F)(F)F)cc(C(F)(F)F)c3)[C@@H]2C)CC(C)(C)CC1. The summed E-state index contributed by atoms with van der Waals surface area (Å²) < 4.78 is 91.9. The maximum Gasteiger partial charge on any atom is 0.416 e. The lowest BCUT2D eigenvalue weighted by atomic mass is 9.72. The van der Waals surface area contributed by atoms with Gasteiger partial charge in [-0.1, -0.05) is 19.9 Å². The fraction of sp³-hybridized carbons (Fsp3) is 0.467. The highest BCUT2D eigenvalue weighted by Crippen LogP contribution is 2.46. The third kappa shape index (κ3) is 6.68. The number of aliphatic carboxylic acids is 1. The number of carboxylic acid groups (broad SMARTS) is 1. The number of rotatable bonds is 7. The van der Waals surface area contributed by atoms with E-state index in [0.717, 1.165) is 17.6 Å². The van der Waals surface area contributed by atoms with Crippen LogP contribution in [-0.2, 0) is 28.3 Å². The number of ether oxygens (including phenoxy) is 2. The molecule has 12 heteroatoms. The zero-order valence-corrected chi connectivity index (χ0v) is 23.4. The number of hydrogen-bond acceptors (Lipinski definition) is 4. The molecule has 1 N–H and O–H groups in total. The van der Waals surface area contributed by atoms with Crippen LogP contribution in [0.4, 0.5) is 31.1 Å². The number of hydrogen-bond donors (Lipinski definition) is 1. The first-order valence-electron chi connectivity index (χ1n) is 13.3. The van der Waals surface area contributed by atoms with Crippen molar-refractivity contribution >= 4 is 17.6 Å². The summed E-state index contributed by atoms with van der Waals surface area (Å²) in [5, 5.41) is 9.28. The Morgan fingerprint density at radius 2 is 1.69 bits per heavy atom. The molecule has 2 aliphatic rings. The molecule has 2 atom stereocenters. The molecular weight excluding hydrogens is 568 g/mol. The van der Waals surface area contributed by atoms with Crippen LogP contribution >= 0.6 is 0 Å². The van der Waals surface area contributed by atoms with E-state index in [2.05, 4.69) is 13.8 Å². The first-order valence-corrected chi connectivity index (χ1v) is 13.3. The van der Waals surface area contributed by atoms with Gasteiger partial charge in [0.2, 0.25) is 0 Å². The maximum atomic E-state index is 13.5. The number of carbonyl (C=O) groups is 2. The predicted molar refractivity (Wildman–Crippen MR) is 141 cm³/mol. The molecule has 4 rings (SSSR count). The lowest BCUT2D eigenvalue weighted by molar-refractivity contribution is -0.143. The zero-order valence-electron chi connectivity index (χ0n) is 23.4. The number of methoxy groups -OCH3 is 1. The summed E-state index contributed by atoms with van der Waals surface area (Å²) in [6.45, 7) is 5.65. The van der Waals surface area contributed by atoms with Crippen LogP contribution < -0.4 is 4.74 Å². The zero-order chi connectivity index (χ0) is 31.2. The van der Waals surface area contributed by atoms with Crippen molar-refractivity contribution in [2.45, 2.75) is 71.0 Å². The van der Waals surface area contributed by atoms with Crippen molar-refractivity contribution in [1.29, 1.82) is 0 Å². The Bertz CT molecular complexity index is 1380. The molecule has 1 heterocycles. The molecule has 1 saturated heterocycles. The monoisotopic (exact) mass is 599 g/mol. The van der Waals surface area contributed by atoms with E-state index < -0.39 is 53.3 Å². The summed E-state index contributed by atoms with van der Waals surface area (Å²) in [6.07, 6.45) is -10.6. The van der Waals surface area contributed by atoms with Gasteiger partial charge in [0.05, 0.1) is 30.7 Å². The van der Waals surface area contributed by atoms with Crippen molar-refractivity contribution in [1.82, 2.24) is 4.90 Å². The third-order valence-corrected chi connectivity index (χ3v) is 7.81. The quantitative estimate of drug-likeness (QED) is 0.328. The van der Waals surface area contributed by atoms with Crippen LogP contribution in [0.3, 0.4) is 0 Å². The van der Waals surface area contributed by atoms with Crippen molar-refractivity contribution in [3.63, 3.8) is 0 Å². The summed E-state index contributed by atoms with van der Waals surface area (Å²) in [5.41, 5.74) is -0.647. The summed E-state index contributed by atoms with van der Waals surface area (Å²) in [5.74, 6) is -0.497. The first-order chi connectivity index (χ1) is 19.4. The molecule has 0 saturated carbocycles. The Hall–Kier alpha value is -3.70. The van der Waals surface area contributed by atoms with E-state index in [1.807, 2.05) is 0 Å². The van der Waals surface area contributed by atoms with Gasteiger partial charge in [-0.2, -0.15) is 26.3 Å². The second kappa shape index (κ2) is 11.2. The number of amides is 1. The van der Waals surface area contributed by atoms with Crippen LogP contribution in [0.5, 0.6) is 5.75 Å². The highest BCUT2D eigenvalue weighted by Gasteiger charge is 2.44. The number of cyclic esters (lactones) is 1. The lowest BCUT2D eigenvalue weighted by Crippen LogP contribution is -2.35. The molecule has 1 aliphatic carbocycles. The van der Waals surface area contributed by atoms with Gasteiger partial charge < -0.3 is 14.6 Å². The van der Waals surface area contributed by atoms with E-state index in [0.29, 0.717) is 41.9 Å². The van der Waals surface area contributed by atoms with Crippen LogP contribution in [0.1, 0.15) is 74.0 Å². The van der Waals surface area contributed by atoms with Crippen LogP contribution in [0.15, 0.2) is 42.0 Å². The molecular formula is C30H31F6NO5. The van der Waals surface area contributed by atoms with Crippen LogP contribution in [0.25, 0.3) is 5.57 Å². The van der Waals surface area contributed by atoms with E-state index in [-0.39, 0.29) is 24.4 Å². The molecule has 228 valence electrons. The molecule has 2 aromatic rings. The summed E-state index contributed by atoms with van der Waals surface area (Å²) in [4.78, 5) is 25.7. The molecule has 1 fully saturated rings. The van der Waals surface area contributed by atoms with Gasteiger partial charge in [-0.3, -0.25) is 9.69 Å². The van der Waals surface area contributed by atoms with Crippen molar-refractivity contribution in [2.24, 2.45) is 5.41 Å². The Balaban J connectivity index is 1.74. The number of halogens is 6. The second-order valence-corrected chi connectivity index (χ2v) is 11.5. The minimum absolute atomic E-state index is 0.0205. The predicted octanol–water partition coefficient (Wildman–Crippen LogP) is 7.91. The van der Waals surface area contributed by atoms with Gasteiger partial charge >= 0.3 is 24.4 Å². The highest BCUT2D eigenvalue weighted by atomic mass is 19.4. The Labute approximate surface area is 238 Å². The molecule has 1 aliphatic heterocycles. The fourth-order valence-corrected chi connectivity index (χ4v) is 5.67. The molecule has 1 amide bonds. The van der Waals surface area contributed by atoms with Crippen molar-refractivity contribution < 1.29 is 50.5 Å². The van der Waals surface area contributed by atoms with E-state index in [9.17, 15) is 41.0 Å². The summed E-state index contributed by atoms with van der Waals surface area (Å²) in [6, 6.07) is 5.37. The number of carboxylic acids is 1. The number of allylic oxidation sites excluding steroid dienone is 1. The normalized spacial score (nSPS) is 21.0. The summed E-state index contributed by atoms with van der Waals surface area (Å²) >= 11 is 0. The van der Waals surface area contributed by atoms with E-state index in [1.54, 1.807) is 18.2 Å². The van der Waals surface area contributed by atoms with Crippen LogP contribution in [0, 0.1) is 5.41 Å². The number of carbonyl (C=O) groups excluding carboxylic acids is 1. The fourth-order valence-electron chi connectivity index (χ4n) is 5.67. The molecule has 0 bridgehead atoms. The third-order valence-electron chi connectivity index (χ3n) is 7.81. The number of alkyl halides is 6. The smallest absolute Gasteiger partial charge is 0.416 e. The summed E-state index contributed by atoms with van der Waals surface area (Å²) in [7, 11) is 1.48. The molecule has 2 aromatic carbocycles. The largest absolute Gasteiger partial charge is 0.496 e. The van der Waals surface area contributed by atoms with E-state index in [1.165, 1.54) is 18.9 Å². The molecule has 0 aromatic heterocycles. The topological polar surface area (TPSA) is 76.1 Å². The highest BCUT2D eigenvalue weighted by molar-refractivity contribution is 5.78. The van der Waals surface area contributed by atoms with Gasteiger partial charge in [0.25, 0.3) is 0 Å². The van der Waals surface area contributed by atoms with Gasteiger partial charge in [-0.25, -0.2) is 4.79 Å². The minimum atomic E-state index is -5.04. The Morgan fingerprint density at radius 3 is 2.24 bits per heavy atom. The standard InChI is InChI=1S/C30H31F6NO5/c1-16-26(18-11-20(29(31,32)33)13-21(12-18)30(34,35)36)42-27(40)37(16)15-19-14-28(2,3)8-7-22(19)23-9-17(10-25(38)39)5-6-24(23)41-4/h5-6,9,11-13,16,26H,7-8,10,14-15H2,1-4H3,(H,38,39)/t16-,26-/m0/s1. The van der Waals surface area contributed by atoms with Gasteiger partial charge in [-0.05, 0) is 84.2 Å². The van der Waals surface area contributed by atoms with Gasteiger partial charge in [0, 0.05) is 12.1 Å². The van der Waals surface area contributed by atoms with Crippen molar-refractivity contribution in [3.8, 4) is 5.75 Å². The molecule has 0 unspecified atom stereocenters. The van der Waals surface area contributed by atoms with Gasteiger partial charge in [0.15, 0.2) is 0 Å².